The van der Waals surface area contributed by atoms with Crippen molar-refractivity contribution < 1.29 is 0 Å². The second-order valence-electron chi connectivity index (χ2n) is 6.94. The molecule has 1 aromatic heterocycles. The van der Waals surface area contributed by atoms with Crippen LogP contribution in [0.5, 0.6) is 0 Å². The van der Waals surface area contributed by atoms with E-state index < -0.39 is 0 Å². The van der Waals surface area contributed by atoms with E-state index in [1.165, 1.54) is 44.1 Å². The van der Waals surface area contributed by atoms with E-state index in [4.69, 9.17) is 0 Å². The van der Waals surface area contributed by atoms with Gasteiger partial charge in [-0.15, -0.1) is 0 Å². The second-order valence-corrected chi connectivity index (χ2v) is 6.94. The monoisotopic (exact) mass is 273 g/mol. The van der Waals surface area contributed by atoms with Crippen molar-refractivity contribution in [3.63, 3.8) is 0 Å². The first kappa shape index (κ1) is 13.8. The lowest BCUT2D eigenvalue weighted by atomic mass is 9.80. The maximum absolute atomic E-state index is 4.64. The van der Waals surface area contributed by atoms with E-state index in [2.05, 4.69) is 41.1 Å². The average Bonchev–Trinajstić information content (AvgIpc) is 2.49. The Kier molecular flexibility index (Phi) is 4.23. The Morgan fingerprint density at radius 3 is 2.00 bits per heavy atom. The number of rotatable bonds is 2. The normalized spacial score (nSPS) is 28.6. The fourth-order valence-corrected chi connectivity index (χ4v) is 3.51. The lowest BCUT2D eigenvalue weighted by Crippen LogP contribution is -2.34. The van der Waals surface area contributed by atoms with Crippen molar-refractivity contribution in [3.8, 4) is 0 Å². The fourth-order valence-electron chi connectivity index (χ4n) is 3.51. The van der Waals surface area contributed by atoms with Crippen LogP contribution in [0.3, 0.4) is 0 Å². The number of hydrogen-bond acceptors (Lipinski definition) is 3. The highest BCUT2D eigenvalue weighted by Gasteiger charge is 2.21. The van der Waals surface area contributed by atoms with Crippen LogP contribution >= 0.6 is 0 Å². The summed E-state index contributed by atoms with van der Waals surface area (Å²) in [6, 6.07) is 0. The zero-order valence-electron chi connectivity index (χ0n) is 12.9. The van der Waals surface area contributed by atoms with Crippen molar-refractivity contribution in [1.82, 2.24) is 9.97 Å². The Bertz CT molecular complexity index is 371. The summed E-state index contributed by atoms with van der Waals surface area (Å²) in [7, 11) is 0. The lowest BCUT2D eigenvalue weighted by molar-refractivity contribution is 0.347. The van der Waals surface area contributed by atoms with E-state index in [0.717, 1.165) is 30.9 Å². The largest absolute Gasteiger partial charge is 0.341 e. The molecule has 0 N–H and O–H groups in total. The minimum absolute atomic E-state index is 0.696. The molecule has 3 nitrogen and oxygen atoms in total. The van der Waals surface area contributed by atoms with Crippen LogP contribution < -0.4 is 4.90 Å². The van der Waals surface area contributed by atoms with E-state index in [0.29, 0.717) is 5.92 Å². The van der Waals surface area contributed by atoms with Gasteiger partial charge >= 0.3 is 0 Å². The van der Waals surface area contributed by atoms with Crippen LogP contribution in [0.4, 0.5) is 5.95 Å². The first-order valence-electron chi connectivity index (χ1n) is 8.29. The summed E-state index contributed by atoms with van der Waals surface area (Å²) in [6.07, 6.45) is 12.0. The summed E-state index contributed by atoms with van der Waals surface area (Å²) in [5.74, 6) is 3.39. The van der Waals surface area contributed by atoms with Gasteiger partial charge in [0.2, 0.25) is 5.95 Å². The van der Waals surface area contributed by atoms with Crippen LogP contribution in [-0.4, -0.2) is 23.1 Å². The summed E-state index contributed by atoms with van der Waals surface area (Å²) in [6.45, 7) is 6.93. The highest BCUT2D eigenvalue weighted by molar-refractivity contribution is 5.31. The van der Waals surface area contributed by atoms with Crippen molar-refractivity contribution >= 4 is 5.95 Å². The Morgan fingerprint density at radius 2 is 1.40 bits per heavy atom. The third-order valence-electron chi connectivity index (χ3n) is 5.21. The molecule has 1 saturated heterocycles. The Balaban J connectivity index is 1.62. The van der Waals surface area contributed by atoms with Crippen LogP contribution in [0.1, 0.15) is 63.9 Å². The smallest absolute Gasteiger partial charge is 0.225 e. The maximum Gasteiger partial charge on any atom is 0.225 e. The molecule has 0 radical (unpaired) electrons. The molecule has 3 heteroatoms. The fraction of sp³-hybridized carbons (Fsp3) is 0.765. The predicted octanol–water partition coefficient (Wildman–Crippen LogP) is 4.01. The van der Waals surface area contributed by atoms with Gasteiger partial charge in [0.1, 0.15) is 0 Å². The molecule has 2 heterocycles. The van der Waals surface area contributed by atoms with Crippen molar-refractivity contribution in [1.29, 1.82) is 0 Å². The third-order valence-corrected chi connectivity index (χ3v) is 5.21. The maximum atomic E-state index is 4.64. The van der Waals surface area contributed by atoms with Crippen LogP contribution in [0.25, 0.3) is 0 Å². The Hall–Kier alpha value is -1.12. The summed E-state index contributed by atoms with van der Waals surface area (Å²) in [5.41, 5.74) is 1.35. The molecule has 2 fully saturated rings. The molecule has 0 unspecified atom stereocenters. The molecule has 1 saturated carbocycles. The van der Waals surface area contributed by atoms with E-state index in [9.17, 15) is 0 Å². The SMILES string of the molecule is CC1CCN(c2ncc([C@H]3CC[C@H](C)CC3)cn2)CC1. The summed E-state index contributed by atoms with van der Waals surface area (Å²) in [4.78, 5) is 11.6. The molecular formula is C17H27N3. The molecule has 1 aliphatic carbocycles. The van der Waals surface area contributed by atoms with Gasteiger partial charge in [-0.25, -0.2) is 9.97 Å². The van der Waals surface area contributed by atoms with E-state index in [1.54, 1.807) is 0 Å². The summed E-state index contributed by atoms with van der Waals surface area (Å²) in [5, 5.41) is 0. The highest BCUT2D eigenvalue weighted by atomic mass is 15.2. The van der Waals surface area contributed by atoms with Crippen LogP contribution in [-0.2, 0) is 0 Å². The van der Waals surface area contributed by atoms with Gasteiger partial charge in [0.05, 0.1) is 0 Å². The van der Waals surface area contributed by atoms with Crippen molar-refractivity contribution in [2.24, 2.45) is 11.8 Å². The van der Waals surface area contributed by atoms with E-state index in [-0.39, 0.29) is 0 Å². The molecule has 0 atom stereocenters. The molecule has 3 rings (SSSR count). The zero-order chi connectivity index (χ0) is 13.9. The Labute approximate surface area is 122 Å². The van der Waals surface area contributed by atoms with Crippen molar-refractivity contribution in [2.75, 3.05) is 18.0 Å². The predicted molar refractivity (Wildman–Crippen MR) is 83.0 cm³/mol. The molecular weight excluding hydrogens is 246 g/mol. The topological polar surface area (TPSA) is 29.0 Å². The third kappa shape index (κ3) is 3.13. The molecule has 0 spiro atoms. The van der Waals surface area contributed by atoms with Crippen LogP contribution in [0, 0.1) is 11.8 Å². The number of anilines is 1. The van der Waals surface area contributed by atoms with Crippen molar-refractivity contribution in [2.45, 2.75) is 58.3 Å². The number of hydrogen-bond donors (Lipinski definition) is 0. The molecule has 0 amide bonds. The van der Waals surface area contributed by atoms with Crippen molar-refractivity contribution in [3.05, 3.63) is 18.0 Å². The minimum Gasteiger partial charge on any atom is -0.341 e. The van der Waals surface area contributed by atoms with Gasteiger partial charge in [-0.05, 0) is 49.0 Å². The van der Waals surface area contributed by atoms with Gasteiger partial charge in [-0.1, -0.05) is 26.7 Å². The first-order valence-corrected chi connectivity index (χ1v) is 8.29. The molecule has 1 aliphatic heterocycles. The quantitative estimate of drug-likeness (QED) is 0.815. The molecule has 20 heavy (non-hydrogen) atoms. The minimum atomic E-state index is 0.696. The standard InChI is InChI=1S/C17H27N3/c1-13-3-5-15(6-4-13)16-11-18-17(19-12-16)20-9-7-14(2)8-10-20/h11-15H,3-10H2,1-2H3/t13-,15-. The van der Waals surface area contributed by atoms with Crippen LogP contribution in [0.15, 0.2) is 12.4 Å². The number of aromatic nitrogens is 2. The van der Waals surface area contributed by atoms with Gasteiger partial charge in [0.15, 0.2) is 0 Å². The molecule has 0 bridgehead atoms. The zero-order valence-corrected chi connectivity index (χ0v) is 12.9. The van der Waals surface area contributed by atoms with E-state index in [1.807, 2.05) is 0 Å². The molecule has 110 valence electrons. The molecule has 2 aliphatic rings. The summed E-state index contributed by atoms with van der Waals surface area (Å²) >= 11 is 0. The molecule has 0 aromatic carbocycles. The summed E-state index contributed by atoms with van der Waals surface area (Å²) < 4.78 is 0. The average molecular weight is 273 g/mol. The van der Waals surface area contributed by atoms with Gasteiger partial charge in [-0.2, -0.15) is 0 Å². The molecule has 1 aromatic rings. The van der Waals surface area contributed by atoms with Crippen LogP contribution in [0.2, 0.25) is 0 Å². The van der Waals surface area contributed by atoms with Gasteiger partial charge in [0.25, 0.3) is 0 Å². The number of nitrogens with zero attached hydrogens (tertiary/aromatic N) is 3. The Morgan fingerprint density at radius 1 is 0.850 bits per heavy atom. The van der Waals surface area contributed by atoms with Gasteiger partial charge in [-0.3, -0.25) is 0 Å². The highest BCUT2D eigenvalue weighted by Crippen LogP contribution is 2.35. The van der Waals surface area contributed by atoms with E-state index >= 15 is 0 Å². The van der Waals surface area contributed by atoms with Gasteiger partial charge < -0.3 is 4.90 Å². The second kappa shape index (κ2) is 6.11. The number of piperidine rings is 1. The first-order chi connectivity index (χ1) is 9.72. The lowest BCUT2D eigenvalue weighted by Gasteiger charge is -2.30. The van der Waals surface area contributed by atoms with Gasteiger partial charge in [0, 0.05) is 25.5 Å².